The molecule has 2 aromatic carbocycles. The molecular weight excluding hydrogens is 346 g/mol. The van der Waals surface area contributed by atoms with Crippen LogP contribution in [0.2, 0.25) is 0 Å². The van der Waals surface area contributed by atoms with Gasteiger partial charge >= 0.3 is 0 Å². The van der Waals surface area contributed by atoms with Crippen molar-refractivity contribution < 1.29 is 0 Å². The minimum atomic E-state index is -0.130. The van der Waals surface area contributed by atoms with Crippen LogP contribution in [0.5, 0.6) is 0 Å². The zero-order chi connectivity index (χ0) is 17.7. The van der Waals surface area contributed by atoms with Crippen molar-refractivity contribution in [2.75, 3.05) is 6.26 Å². The highest BCUT2D eigenvalue weighted by Crippen LogP contribution is 2.22. The molecule has 0 saturated heterocycles. The first kappa shape index (κ1) is 15.1. The fourth-order valence-electron chi connectivity index (χ4n) is 3.20. The summed E-state index contributed by atoms with van der Waals surface area (Å²) in [4.78, 5) is 21.8. The lowest BCUT2D eigenvalue weighted by molar-refractivity contribution is 0.904. The second kappa shape index (κ2) is 5.67. The monoisotopic (exact) mass is 359 g/mol. The molecule has 0 saturated carbocycles. The van der Waals surface area contributed by atoms with E-state index in [4.69, 9.17) is 0 Å². The third-order valence-corrected chi connectivity index (χ3v) is 4.96. The van der Waals surface area contributed by atoms with Crippen LogP contribution in [0, 0.1) is 0 Å². The van der Waals surface area contributed by atoms with Crippen molar-refractivity contribution in [2.24, 2.45) is 0 Å². The van der Waals surface area contributed by atoms with Crippen molar-refractivity contribution in [3.05, 3.63) is 71.3 Å². The number of pyridine rings is 1. The smallest absolute Gasteiger partial charge is 0.266 e. The first-order chi connectivity index (χ1) is 12.8. The molecule has 26 heavy (non-hydrogen) atoms. The predicted molar refractivity (Wildman–Crippen MR) is 103 cm³/mol. The van der Waals surface area contributed by atoms with Crippen molar-refractivity contribution in [3.63, 3.8) is 0 Å². The summed E-state index contributed by atoms with van der Waals surface area (Å²) < 4.78 is 3.28. The Bertz CT molecular complexity index is 1350. The molecular formula is C19H13N5OS. The summed E-state index contributed by atoms with van der Waals surface area (Å²) in [6.07, 6.45) is 5.27. The maximum Gasteiger partial charge on any atom is 0.266 e. The van der Waals surface area contributed by atoms with Crippen LogP contribution in [0.15, 0.2) is 70.9 Å². The molecule has 7 heteroatoms. The Labute approximate surface area is 152 Å². The van der Waals surface area contributed by atoms with E-state index in [0.29, 0.717) is 21.8 Å². The Kier molecular flexibility index (Phi) is 3.29. The molecule has 0 bridgehead atoms. The van der Waals surface area contributed by atoms with Gasteiger partial charge in [-0.1, -0.05) is 48.2 Å². The van der Waals surface area contributed by atoms with Crippen molar-refractivity contribution in [1.29, 1.82) is 0 Å². The quantitative estimate of drug-likeness (QED) is 0.453. The molecule has 0 fully saturated rings. The molecule has 5 rings (SSSR count). The minimum absolute atomic E-state index is 0.130. The molecule has 0 unspecified atom stereocenters. The van der Waals surface area contributed by atoms with Gasteiger partial charge in [-0.2, -0.15) is 9.50 Å². The number of fused-ring (bicyclic) bond motifs is 4. The Balaban J connectivity index is 1.83. The van der Waals surface area contributed by atoms with Crippen molar-refractivity contribution in [1.82, 2.24) is 24.1 Å². The van der Waals surface area contributed by atoms with Gasteiger partial charge in [-0.3, -0.25) is 9.36 Å². The molecule has 5 aromatic rings. The number of nitrogens with zero attached hydrogens (tertiary/aromatic N) is 5. The van der Waals surface area contributed by atoms with Crippen LogP contribution < -0.4 is 5.56 Å². The summed E-state index contributed by atoms with van der Waals surface area (Å²) in [5.41, 5.74) is 1.41. The lowest BCUT2D eigenvalue weighted by atomic mass is 10.1. The van der Waals surface area contributed by atoms with E-state index in [1.165, 1.54) is 11.8 Å². The van der Waals surface area contributed by atoms with E-state index in [1.807, 2.05) is 54.8 Å². The van der Waals surface area contributed by atoms with Gasteiger partial charge in [0.15, 0.2) is 0 Å². The van der Waals surface area contributed by atoms with Gasteiger partial charge in [0.05, 0.1) is 16.6 Å². The number of thioether (sulfide) groups is 1. The molecule has 0 aliphatic carbocycles. The van der Waals surface area contributed by atoms with Gasteiger partial charge in [-0.15, -0.1) is 5.10 Å². The maximum atomic E-state index is 13.1. The van der Waals surface area contributed by atoms with Crippen LogP contribution in [0.4, 0.5) is 0 Å². The highest BCUT2D eigenvalue weighted by atomic mass is 32.2. The standard InChI is InChI=1S/C19H13N5OS/c1-26-19-21-18-20-11-14-16(24(18)22-19)9-10-23(17(14)25)15-8-4-6-12-5-2-3-7-13(12)15/h2-11H,1H3. The lowest BCUT2D eigenvalue weighted by Crippen LogP contribution is -2.19. The zero-order valence-electron chi connectivity index (χ0n) is 13.8. The number of hydrogen-bond donors (Lipinski definition) is 0. The molecule has 0 amide bonds. The van der Waals surface area contributed by atoms with Gasteiger partial charge < -0.3 is 0 Å². The SMILES string of the molecule is CSc1nc2ncc3c(=O)n(-c4cccc5ccccc45)ccc3n2n1. The molecule has 6 nitrogen and oxygen atoms in total. The van der Waals surface area contributed by atoms with Crippen molar-refractivity contribution >= 4 is 39.2 Å². The molecule has 0 radical (unpaired) electrons. The average Bonchev–Trinajstić information content (AvgIpc) is 3.12. The Hall–Kier alpha value is -3.19. The van der Waals surface area contributed by atoms with Gasteiger partial charge in [0.2, 0.25) is 5.16 Å². The Morgan fingerprint density at radius 2 is 1.85 bits per heavy atom. The molecule has 0 atom stereocenters. The number of benzene rings is 2. The molecule has 0 aliphatic rings. The second-order valence-corrected chi connectivity index (χ2v) is 6.63. The van der Waals surface area contributed by atoms with Gasteiger partial charge in [-0.05, 0) is 23.8 Å². The van der Waals surface area contributed by atoms with Crippen LogP contribution in [-0.4, -0.2) is 30.4 Å². The third kappa shape index (κ3) is 2.14. The molecule has 0 N–H and O–H groups in total. The van der Waals surface area contributed by atoms with Crippen LogP contribution in [0.1, 0.15) is 0 Å². The summed E-state index contributed by atoms with van der Waals surface area (Å²) >= 11 is 1.44. The lowest BCUT2D eigenvalue weighted by Gasteiger charge is -2.10. The fourth-order valence-corrected chi connectivity index (χ4v) is 3.53. The van der Waals surface area contributed by atoms with E-state index in [0.717, 1.165) is 16.5 Å². The first-order valence-electron chi connectivity index (χ1n) is 8.05. The summed E-state index contributed by atoms with van der Waals surface area (Å²) in [5, 5.41) is 7.66. The fraction of sp³-hybridized carbons (Fsp3) is 0.0526. The summed E-state index contributed by atoms with van der Waals surface area (Å²) in [5.74, 6) is 0.490. The van der Waals surface area contributed by atoms with E-state index >= 15 is 0 Å². The van der Waals surface area contributed by atoms with Crippen molar-refractivity contribution in [3.8, 4) is 5.69 Å². The molecule has 0 spiro atoms. The summed E-state index contributed by atoms with van der Waals surface area (Å²) in [6, 6.07) is 15.8. The summed E-state index contributed by atoms with van der Waals surface area (Å²) in [6.45, 7) is 0. The predicted octanol–water partition coefficient (Wildman–Crippen LogP) is 3.30. The molecule has 126 valence electrons. The largest absolute Gasteiger partial charge is 0.283 e. The second-order valence-electron chi connectivity index (χ2n) is 5.86. The number of rotatable bonds is 2. The van der Waals surface area contributed by atoms with E-state index < -0.39 is 0 Å². The van der Waals surface area contributed by atoms with Crippen LogP contribution in [0.3, 0.4) is 0 Å². The third-order valence-electron chi connectivity index (χ3n) is 4.42. The number of aromatic nitrogens is 5. The average molecular weight is 359 g/mol. The van der Waals surface area contributed by atoms with E-state index in [-0.39, 0.29) is 5.56 Å². The zero-order valence-corrected chi connectivity index (χ0v) is 14.6. The van der Waals surface area contributed by atoms with E-state index in [9.17, 15) is 4.79 Å². The molecule has 3 heterocycles. The number of hydrogen-bond acceptors (Lipinski definition) is 5. The highest BCUT2D eigenvalue weighted by molar-refractivity contribution is 7.98. The van der Waals surface area contributed by atoms with Gasteiger partial charge in [0.1, 0.15) is 0 Å². The normalized spacial score (nSPS) is 11.6. The van der Waals surface area contributed by atoms with Gasteiger partial charge in [0.25, 0.3) is 11.3 Å². The van der Waals surface area contributed by atoms with Crippen LogP contribution >= 0.6 is 11.8 Å². The summed E-state index contributed by atoms with van der Waals surface area (Å²) in [7, 11) is 0. The van der Waals surface area contributed by atoms with Gasteiger partial charge in [0, 0.05) is 17.8 Å². The molecule has 3 aromatic heterocycles. The highest BCUT2D eigenvalue weighted by Gasteiger charge is 2.12. The van der Waals surface area contributed by atoms with Gasteiger partial charge in [-0.25, -0.2) is 4.98 Å². The topological polar surface area (TPSA) is 65.1 Å². The van der Waals surface area contributed by atoms with Crippen LogP contribution in [-0.2, 0) is 0 Å². The van der Waals surface area contributed by atoms with Crippen LogP contribution in [0.25, 0.3) is 33.1 Å². The maximum absolute atomic E-state index is 13.1. The first-order valence-corrected chi connectivity index (χ1v) is 9.28. The Morgan fingerprint density at radius 3 is 2.73 bits per heavy atom. The van der Waals surface area contributed by atoms with E-state index in [2.05, 4.69) is 15.1 Å². The Morgan fingerprint density at radius 1 is 1.00 bits per heavy atom. The van der Waals surface area contributed by atoms with Crippen molar-refractivity contribution in [2.45, 2.75) is 5.16 Å². The molecule has 0 aliphatic heterocycles. The minimum Gasteiger partial charge on any atom is -0.283 e. The van der Waals surface area contributed by atoms with E-state index in [1.54, 1.807) is 21.5 Å².